The van der Waals surface area contributed by atoms with E-state index in [1.807, 2.05) is 17.0 Å². The highest BCUT2D eigenvalue weighted by Crippen LogP contribution is 2.26. The van der Waals surface area contributed by atoms with E-state index in [9.17, 15) is 0 Å². The molecule has 1 fully saturated rings. The molecule has 2 rings (SSSR count). The maximum Gasteiger partial charge on any atom is 0.213 e. The molecule has 0 atom stereocenters. The van der Waals surface area contributed by atoms with Crippen molar-refractivity contribution in [2.75, 3.05) is 13.1 Å². The van der Waals surface area contributed by atoms with E-state index in [1.54, 1.807) is 6.20 Å². The van der Waals surface area contributed by atoms with Gasteiger partial charge in [0.15, 0.2) is 5.96 Å². The smallest absolute Gasteiger partial charge is 0.213 e. The summed E-state index contributed by atoms with van der Waals surface area (Å²) < 4.78 is 6.04. The fourth-order valence-corrected chi connectivity index (χ4v) is 2.95. The molecule has 2 N–H and O–H groups in total. The quantitative estimate of drug-likeness (QED) is 0.646. The first-order valence-corrected chi connectivity index (χ1v) is 8.78. The molecule has 0 spiro atoms. The Morgan fingerprint density at radius 1 is 1.30 bits per heavy atom. The van der Waals surface area contributed by atoms with Gasteiger partial charge in [-0.3, -0.25) is 0 Å². The Hall–Kier alpha value is -1.78. The highest BCUT2D eigenvalue weighted by atomic mass is 16.5. The zero-order chi connectivity index (χ0) is 16.7. The third-order valence-electron chi connectivity index (χ3n) is 4.56. The first-order valence-electron chi connectivity index (χ1n) is 8.78. The Labute approximate surface area is 139 Å². The molecule has 1 aromatic rings. The lowest BCUT2D eigenvalue weighted by atomic mass is 9.89. The van der Waals surface area contributed by atoms with Crippen molar-refractivity contribution < 1.29 is 4.74 Å². The highest BCUT2D eigenvalue weighted by molar-refractivity contribution is 5.77. The fraction of sp³-hybridized carbons (Fsp3) is 0.667. The van der Waals surface area contributed by atoms with Gasteiger partial charge in [-0.25, -0.2) is 9.98 Å². The van der Waals surface area contributed by atoms with Gasteiger partial charge in [0.1, 0.15) is 6.10 Å². The van der Waals surface area contributed by atoms with Gasteiger partial charge in [0.25, 0.3) is 0 Å². The Balaban J connectivity index is 1.93. The van der Waals surface area contributed by atoms with E-state index in [0.29, 0.717) is 24.5 Å². The van der Waals surface area contributed by atoms with Crippen LogP contribution in [-0.4, -0.2) is 35.0 Å². The number of nitrogens with two attached hydrogens (primary N) is 1. The van der Waals surface area contributed by atoms with Gasteiger partial charge in [-0.15, -0.1) is 0 Å². The summed E-state index contributed by atoms with van der Waals surface area (Å²) in [5.74, 6) is 2.13. The molecule has 0 unspecified atom stereocenters. The van der Waals surface area contributed by atoms with Gasteiger partial charge in [0.2, 0.25) is 5.88 Å². The third kappa shape index (κ3) is 5.41. The van der Waals surface area contributed by atoms with E-state index >= 15 is 0 Å². The predicted molar refractivity (Wildman–Crippen MR) is 94.5 cm³/mol. The topological polar surface area (TPSA) is 63.7 Å². The second-order valence-electron chi connectivity index (χ2n) is 6.35. The molecule has 23 heavy (non-hydrogen) atoms. The molecule has 0 aliphatic heterocycles. The molecule has 0 aromatic carbocycles. The van der Waals surface area contributed by atoms with E-state index in [2.05, 4.69) is 30.7 Å². The maximum absolute atomic E-state index is 6.04. The number of nitrogens with zero attached hydrogens (tertiary/aromatic N) is 3. The van der Waals surface area contributed by atoms with E-state index in [1.165, 1.54) is 12.8 Å². The first kappa shape index (κ1) is 17.6. The highest BCUT2D eigenvalue weighted by Gasteiger charge is 2.19. The van der Waals surface area contributed by atoms with Crippen molar-refractivity contribution in [2.24, 2.45) is 16.6 Å². The molecule has 1 heterocycles. The monoisotopic (exact) mass is 318 g/mol. The van der Waals surface area contributed by atoms with Crippen molar-refractivity contribution in [2.45, 2.75) is 59.1 Å². The molecular formula is C18H30N4O. The predicted octanol–water partition coefficient (Wildman–Crippen LogP) is 3.20. The molecular weight excluding hydrogens is 288 g/mol. The molecule has 0 saturated heterocycles. The summed E-state index contributed by atoms with van der Waals surface area (Å²) in [7, 11) is 0. The van der Waals surface area contributed by atoms with Crippen LogP contribution >= 0.6 is 0 Å². The second kappa shape index (κ2) is 8.75. The van der Waals surface area contributed by atoms with Gasteiger partial charge < -0.3 is 15.4 Å². The maximum atomic E-state index is 6.04. The van der Waals surface area contributed by atoms with Crippen LogP contribution in [0.3, 0.4) is 0 Å². The van der Waals surface area contributed by atoms with Gasteiger partial charge >= 0.3 is 0 Å². The van der Waals surface area contributed by atoms with E-state index in [0.717, 1.165) is 37.4 Å². The summed E-state index contributed by atoms with van der Waals surface area (Å²) in [5, 5.41) is 0. The normalized spacial score (nSPS) is 22.0. The van der Waals surface area contributed by atoms with Crippen molar-refractivity contribution in [3.8, 4) is 5.88 Å². The molecule has 1 aliphatic carbocycles. The minimum Gasteiger partial charge on any atom is -0.474 e. The molecule has 0 bridgehead atoms. The minimum atomic E-state index is 0.304. The Kier molecular flexibility index (Phi) is 6.68. The van der Waals surface area contributed by atoms with Crippen LogP contribution in [0.25, 0.3) is 0 Å². The van der Waals surface area contributed by atoms with Crippen LogP contribution in [-0.2, 0) is 6.54 Å². The fourth-order valence-electron chi connectivity index (χ4n) is 2.95. The van der Waals surface area contributed by atoms with Crippen molar-refractivity contribution >= 4 is 5.96 Å². The van der Waals surface area contributed by atoms with Crippen LogP contribution < -0.4 is 10.5 Å². The largest absolute Gasteiger partial charge is 0.474 e. The van der Waals surface area contributed by atoms with Crippen LogP contribution in [0.15, 0.2) is 23.3 Å². The number of guanidine groups is 1. The first-order chi connectivity index (χ1) is 11.1. The average molecular weight is 318 g/mol. The Bertz CT molecular complexity index is 505. The van der Waals surface area contributed by atoms with Crippen molar-refractivity contribution in [1.82, 2.24) is 9.88 Å². The number of aliphatic imine (C=N–C) groups is 1. The van der Waals surface area contributed by atoms with Crippen LogP contribution in [0.4, 0.5) is 0 Å². The van der Waals surface area contributed by atoms with Crippen LogP contribution in [0.2, 0.25) is 0 Å². The summed E-state index contributed by atoms with van der Waals surface area (Å²) >= 11 is 0. The SMILES string of the molecule is CCN(CC)C(N)=NCc1ccnc(OC2CCC(C)CC2)c1. The summed E-state index contributed by atoms with van der Waals surface area (Å²) in [5.41, 5.74) is 7.09. The Morgan fingerprint density at radius 3 is 2.65 bits per heavy atom. The van der Waals surface area contributed by atoms with Gasteiger partial charge in [-0.1, -0.05) is 6.92 Å². The van der Waals surface area contributed by atoms with Gasteiger partial charge in [-0.05, 0) is 57.1 Å². The number of ether oxygens (including phenoxy) is 1. The van der Waals surface area contributed by atoms with Crippen molar-refractivity contribution in [3.05, 3.63) is 23.9 Å². The Morgan fingerprint density at radius 2 is 2.00 bits per heavy atom. The number of hydrogen-bond acceptors (Lipinski definition) is 3. The van der Waals surface area contributed by atoms with E-state index in [-0.39, 0.29) is 0 Å². The zero-order valence-electron chi connectivity index (χ0n) is 14.7. The second-order valence-corrected chi connectivity index (χ2v) is 6.35. The number of pyridine rings is 1. The molecule has 0 amide bonds. The number of aromatic nitrogens is 1. The van der Waals surface area contributed by atoms with Crippen LogP contribution in [0, 0.1) is 5.92 Å². The van der Waals surface area contributed by atoms with Gasteiger partial charge in [0, 0.05) is 25.4 Å². The molecule has 0 radical (unpaired) electrons. The third-order valence-corrected chi connectivity index (χ3v) is 4.56. The van der Waals surface area contributed by atoms with Gasteiger partial charge in [-0.2, -0.15) is 0 Å². The molecule has 128 valence electrons. The lowest BCUT2D eigenvalue weighted by molar-refractivity contribution is 0.130. The van der Waals surface area contributed by atoms with E-state index < -0.39 is 0 Å². The lowest BCUT2D eigenvalue weighted by Crippen LogP contribution is -2.37. The lowest BCUT2D eigenvalue weighted by Gasteiger charge is -2.26. The molecule has 1 aromatic heterocycles. The standard InChI is InChI=1S/C18H30N4O/c1-4-22(5-2)18(19)21-13-15-10-11-20-17(12-15)23-16-8-6-14(3)7-9-16/h10-12,14,16H,4-9,13H2,1-3H3,(H2,19,21). The summed E-state index contributed by atoms with van der Waals surface area (Å²) in [6, 6.07) is 3.95. The van der Waals surface area contributed by atoms with Crippen LogP contribution in [0.1, 0.15) is 52.0 Å². The number of hydrogen-bond donors (Lipinski definition) is 1. The van der Waals surface area contributed by atoms with Gasteiger partial charge in [0.05, 0.1) is 6.54 Å². The summed E-state index contributed by atoms with van der Waals surface area (Å²) in [4.78, 5) is 10.8. The summed E-state index contributed by atoms with van der Waals surface area (Å²) in [6.45, 7) is 8.77. The molecule has 5 nitrogen and oxygen atoms in total. The molecule has 5 heteroatoms. The average Bonchev–Trinajstić information content (AvgIpc) is 2.57. The summed E-state index contributed by atoms with van der Waals surface area (Å²) in [6.07, 6.45) is 6.84. The minimum absolute atomic E-state index is 0.304. The molecule has 1 aliphatic rings. The zero-order valence-corrected chi connectivity index (χ0v) is 14.7. The molecule has 1 saturated carbocycles. The van der Waals surface area contributed by atoms with E-state index in [4.69, 9.17) is 10.5 Å². The number of rotatable bonds is 6. The van der Waals surface area contributed by atoms with Crippen molar-refractivity contribution in [3.63, 3.8) is 0 Å². The van der Waals surface area contributed by atoms with Crippen LogP contribution in [0.5, 0.6) is 5.88 Å². The van der Waals surface area contributed by atoms with Crippen molar-refractivity contribution in [1.29, 1.82) is 0 Å².